The molecule has 0 bridgehead atoms. The van der Waals surface area contributed by atoms with Crippen LogP contribution in [0.1, 0.15) is 35.1 Å². The predicted molar refractivity (Wildman–Crippen MR) is 86.1 cm³/mol. The average Bonchev–Trinajstić information content (AvgIpc) is 2.82. The van der Waals surface area contributed by atoms with Crippen LogP contribution in [-0.2, 0) is 0 Å². The van der Waals surface area contributed by atoms with Crippen LogP contribution < -0.4 is 5.32 Å². The number of carbonyl (C=O) groups excluding carboxylic acids is 1. The minimum Gasteiger partial charge on any atom is -0.320 e. The number of anilines is 1. The van der Waals surface area contributed by atoms with Gasteiger partial charge in [0.1, 0.15) is 4.88 Å². The molecule has 0 unspecified atom stereocenters. The monoisotopic (exact) mass is 407 g/mol. The lowest BCUT2D eigenvalue weighted by atomic mass is 10.1. The summed E-state index contributed by atoms with van der Waals surface area (Å²) in [5, 5.41) is 7.50. The van der Waals surface area contributed by atoms with E-state index >= 15 is 0 Å². The lowest BCUT2D eigenvalue weighted by Gasteiger charge is -2.08. The third-order valence-electron chi connectivity index (χ3n) is 2.45. The summed E-state index contributed by atoms with van der Waals surface area (Å²) in [4.78, 5) is 12.8. The molecule has 2 aromatic rings. The van der Waals surface area contributed by atoms with Gasteiger partial charge in [-0.2, -0.15) is 0 Å². The summed E-state index contributed by atoms with van der Waals surface area (Å²) in [5.41, 5.74) is 1.46. The normalized spacial score (nSPS) is 10.8. The van der Waals surface area contributed by atoms with E-state index in [1.807, 2.05) is 13.8 Å². The van der Waals surface area contributed by atoms with Crippen molar-refractivity contribution >= 4 is 57.3 Å². The molecule has 4 nitrogen and oxygen atoms in total. The van der Waals surface area contributed by atoms with E-state index in [4.69, 9.17) is 11.6 Å². The molecule has 1 heterocycles. The smallest absolute Gasteiger partial charge is 0.269 e. The number of amides is 1. The maximum absolute atomic E-state index is 12.2. The van der Waals surface area contributed by atoms with Crippen LogP contribution in [-0.4, -0.2) is 15.5 Å². The summed E-state index contributed by atoms with van der Waals surface area (Å²) in [6.07, 6.45) is 0. The molecule has 1 aromatic carbocycles. The molecule has 19 heavy (non-hydrogen) atoms. The molecule has 0 fully saturated rings. The molecule has 0 saturated carbocycles. The molecule has 2 rings (SSSR count). The van der Waals surface area contributed by atoms with E-state index in [1.54, 1.807) is 18.2 Å². The van der Waals surface area contributed by atoms with Gasteiger partial charge in [-0.05, 0) is 58.2 Å². The second-order valence-electron chi connectivity index (χ2n) is 4.22. The molecule has 0 aliphatic heterocycles. The molecule has 0 aliphatic rings. The minimum absolute atomic E-state index is 0.170. The van der Waals surface area contributed by atoms with E-state index in [0.29, 0.717) is 9.90 Å². The van der Waals surface area contributed by atoms with E-state index in [1.165, 1.54) is 0 Å². The lowest BCUT2D eigenvalue weighted by molar-refractivity contribution is 0.102. The number of hydrogen-bond acceptors (Lipinski definition) is 4. The van der Waals surface area contributed by atoms with Gasteiger partial charge in [0.05, 0.1) is 11.4 Å². The Morgan fingerprint density at radius 3 is 2.84 bits per heavy atom. The summed E-state index contributed by atoms with van der Waals surface area (Å²) in [5.74, 6) is -0.0114. The van der Waals surface area contributed by atoms with Crippen LogP contribution in [0.3, 0.4) is 0 Å². The Morgan fingerprint density at radius 1 is 1.47 bits per heavy atom. The summed E-state index contributed by atoms with van der Waals surface area (Å²) < 4.78 is 4.74. The Morgan fingerprint density at radius 2 is 2.21 bits per heavy atom. The maximum atomic E-state index is 12.2. The molecular weight excluding hydrogens is 397 g/mol. The number of nitrogens with one attached hydrogen (secondary N) is 1. The van der Waals surface area contributed by atoms with Gasteiger partial charge in [0, 0.05) is 8.59 Å². The van der Waals surface area contributed by atoms with Crippen molar-refractivity contribution < 1.29 is 4.79 Å². The van der Waals surface area contributed by atoms with Crippen molar-refractivity contribution in [3.8, 4) is 0 Å². The molecule has 0 spiro atoms. The van der Waals surface area contributed by atoms with Crippen molar-refractivity contribution in [1.29, 1.82) is 0 Å². The van der Waals surface area contributed by atoms with Crippen molar-refractivity contribution in [3.05, 3.63) is 37.4 Å². The van der Waals surface area contributed by atoms with Crippen LogP contribution in [0.5, 0.6) is 0 Å². The van der Waals surface area contributed by atoms with Gasteiger partial charge < -0.3 is 5.32 Å². The molecule has 0 saturated heterocycles. The molecular formula is C12H11ClIN3OS. The number of rotatable bonds is 3. The van der Waals surface area contributed by atoms with Gasteiger partial charge in [0.25, 0.3) is 5.91 Å². The molecule has 0 atom stereocenters. The van der Waals surface area contributed by atoms with E-state index in [0.717, 1.165) is 26.5 Å². The van der Waals surface area contributed by atoms with E-state index < -0.39 is 0 Å². The SMILES string of the molecule is CC(C)c1nnsc1C(=O)Nc1ccc(Cl)cc1I. The first kappa shape index (κ1) is 14.7. The Balaban J connectivity index is 2.23. The summed E-state index contributed by atoms with van der Waals surface area (Å²) in [6.45, 7) is 3.97. The quantitative estimate of drug-likeness (QED) is 0.777. The number of benzene rings is 1. The van der Waals surface area contributed by atoms with Crippen LogP contribution in [0.25, 0.3) is 0 Å². The van der Waals surface area contributed by atoms with Crippen LogP contribution in [0.4, 0.5) is 5.69 Å². The number of hydrogen-bond donors (Lipinski definition) is 1. The first-order valence-corrected chi connectivity index (χ1v) is 7.80. The van der Waals surface area contributed by atoms with Crippen molar-refractivity contribution in [2.24, 2.45) is 0 Å². The largest absolute Gasteiger partial charge is 0.320 e. The number of nitrogens with zero attached hydrogens (tertiary/aromatic N) is 2. The molecule has 0 aliphatic carbocycles. The molecule has 100 valence electrons. The Hall–Kier alpha value is -0.730. The predicted octanol–water partition coefficient (Wildman–Crippen LogP) is 4.17. The van der Waals surface area contributed by atoms with Crippen molar-refractivity contribution in [2.75, 3.05) is 5.32 Å². The first-order valence-electron chi connectivity index (χ1n) is 5.57. The van der Waals surface area contributed by atoms with Gasteiger partial charge in [-0.3, -0.25) is 4.79 Å². The Labute approximate surface area is 133 Å². The number of aromatic nitrogens is 2. The fraction of sp³-hybridized carbons (Fsp3) is 0.250. The van der Waals surface area contributed by atoms with Gasteiger partial charge in [-0.25, -0.2) is 0 Å². The zero-order chi connectivity index (χ0) is 14.0. The fourth-order valence-electron chi connectivity index (χ4n) is 1.50. The highest BCUT2D eigenvalue weighted by atomic mass is 127. The highest BCUT2D eigenvalue weighted by Crippen LogP contribution is 2.25. The standard InChI is InChI=1S/C12H11ClIN3OS/c1-6(2)10-11(19-17-16-10)12(18)15-9-4-3-7(13)5-8(9)14/h3-6H,1-2H3,(H,15,18). The Kier molecular flexibility index (Phi) is 4.75. The topological polar surface area (TPSA) is 54.9 Å². The van der Waals surface area contributed by atoms with Gasteiger partial charge in [-0.15, -0.1) is 5.10 Å². The fourth-order valence-corrected chi connectivity index (χ4v) is 3.22. The first-order chi connectivity index (χ1) is 8.99. The third-order valence-corrected chi connectivity index (χ3v) is 4.31. The number of carbonyl (C=O) groups is 1. The third kappa shape index (κ3) is 3.43. The highest BCUT2D eigenvalue weighted by molar-refractivity contribution is 14.1. The maximum Gasteiger partial charge on any atom is 0.269 e. The van der Waals surface area contributed by atoms with E-state index in [2.05, 4.69) is 37.5 Å². The van der Waals surface area contributed by atoms with Crippen LogP contribution in [0.2, 0.25) is 5.02 Å². The van der Waals surface area contributed by atoms with Gasteiger partial charge in [0.15, 0.2) is 0 Å². The average molecular weight is 408 g/mol. The van der Waals surface area contributed by atoms with Gasteiger partial charge in [-0.1, -0.05) is 29.9 Å². The van der Waals surface area contributed by atoms with Crippen molar-refractivity contribution in [1.82, 2.24) is 9.59 Å². The summed E-state index contributed by atoms with van der Waals surface area (Å²) >= 11 is 9.13. The van der Waals surface area contributed by atoms with Gasteiger partial charge in [0.2, 0.25) is 0 Å². The highest BCUT2D eigenvalue weighted by Gasteiger charge is 2.19. The molecule has 0 radical (unpaired) electrons. The van der Waals surface area contributed by atoms with Crippen LogP contribution in [0, 0.1) is 3.57 Å². The molecule has 1 aromatic heterocycles. The summed E-state index contributed by atoms with van der Waals surface area (Å²) in [6, 6.07) is 5.32. The second kappa shape index (κ2) is 6.15. The van der Waals surface area contributed by atoms with E-state index in [9.17, 15) is 4.79 Å². The Bertz CT molecular complexity index is 615. The zero-order valence-corrected chi connectivity index (χ0v) is 14.0. The van der Waals surface area contributed by atoms with E-state index in [-0.39, 0.29) is 11.8 Å². The molecule has 7 heteroatoms. The van der Waals surface area contributed by atoms with Crippen LogP contribution in [0.15, 0.2) is 18.2 Å². The second-order valence-corrected chi connectivity index (χ2v) is 6.57. The van der Waals surface area contributed by atoms with Crippen molar-refractivity contribution in [2.45, 2.75) is 19.8 Å². The van der Waals surface area contributed by atoms with Crippen molar-refractivity contribution in [3.63, 3.8) is 0 Å². The molecule has 1 N–H and O–H groups in total. The zero-order valence-electron chi connectivity index (χ0n) is 10.3. The lowest BCUT2D eigenvalue weighted by Crippen LogP contribution is -2.13. The minimum atomic E-state index is -0.182. The molecule has 1 amide bonds. The van der Waals surface area contributed by atoms with Gasteiger partial charge >= 0.3 is 0 Å². The summed E-state index contributed by atoms with van der Waals surface area (Å²) in [7, 11) is 0. The number of halogens is 2. The van der Waals surface area contributed by atoms with Crippen LogP contribution >= 0.6 is 45.7 Å².